The van der Waals surface area contributed by atoms with Crippen molar-refractivity contribution >= 4 is 0 Å². The van der Waals surface area contributed by atoms with Crippen LogP contribution in [0.1, 0.15) is 58.8 Å². The van der Waals surface area contributed by atoms with Gasteiger partial charge in [-0.2, -0.15) is 0 Å². The fourth-order valence-electron chi connectivity index (χ4n) is 1.06. The summed E-state index contributed by atoms with van der Waals surface area (Å²) in [6, 6.07) is 0. The Labute approximate surface area is 72.4 Å². The molecule has 0 heteroatoms. The molecule has 0 atom stereocenters. The minimum Gasteiger partial charge on any atom is -0.124 e. The van der Waals surface area contributed by atoms with Gasteiger partial charge in [-0.25, -0.2) is 0 Å². The normalized spacial score (nSPS) is 14.9. The van der Waals surface area contributed by atoms with Crippen molar-refractivity contribution in [2.75, 3.05) is 0 Å². The lowest BCUT2D eigenvalue weighted by Gasteiger charge is -2.05. The zero-order valence-corrected chi connectivity index (χ0v) is 8.10. The van der Waals surface area contributed by atoms with Gasteiger partial charge in [-0.1, -0.05) is 58.8 Å². The van der Waals surface area contributed by atoms with E-state index in [1.807, 2.05) is 0 Å². The molecule has 0 bridgehead atoms. The minimum absolute atomic E-state index is 1.25. The third kappa shape index (κ3) is 17.7. The Morgan fingerprint density at radius 1 is 0.727 bits per heavy atom. The Balaban J connectivity index is 0. The minimum atomic E-state index is 1.25. The van der Waals surface area contributed by atoms with Gasteiger partial charge in [0.05, 0.1) is 0 Å². The summed E-state index contributed by atoms with van der Waals surface area (Å²) in [5.41, 5.74) is 0. The predicted octanol–water partition coefficient (Wildman–Crippen LogP) is 4.01. The molecule has 0 nitrogen and oxygen atoms in total. The molecule has 1 fully saturated rings. The van der Waals surface area contributed by atoms with Crippen LogP contribution in [0.15, 0.2) is 0 Å². The van der Waals surface area contributed by atoms with Crippen molar-refractivity contribution in [1.29, 1.82) is 0 Å². The quantitative estimate of drug-likeness (QED) is 0.462. The Morgan fingerprint density at radius 3 is 0.909 bits per heavy atom. The third-order valence-electron chi connectivity index (χ3n) is 1.50. The first kappa shape index (κ1) is 13.2. The fourth-order valence-corrected chi connectivity index (χ4v) is 1.06. The zero-order chi connectivity index (χ0) is 8.95. The summed E-state index contributed by atoms with van der Waals surface area (Å²) in [6.07, 6.45) is 18.2. The van der Waals surface area contributed by atoms with Gasteiger partial charge in [-0.05, 0) is 0 Å². The summed E-state index contributed by atoms with van der Waals surface area (Å²) in [6.45, 7) is 4.25. The molecule has 0 aromatic rings. The van der Waals surface area contributed by atoms with Gasteiger partial charge in [0.25, 0.3) is 0 Å². The van der Waals surface area contributed by atoms with Gasteiger partial charge in [0.1, 0.15) is 0 Å². The van der Waals surface area contributed by atoms with Crippen molar-refractivity contribution in [3.8, 4) is 12.8 Å². The van der Waals surface area contributed by atoms with E-state index in [9.17, 15) is 0 Å². The topological polar surface area (TPSA) is 0 Å². The lowest BCUT2D eigenvalue weighted by atomic mass is 10.0. The molecule has 0 spiro atoms. The van der Waals surface area contributed by atoms with Gasteiger partial charge in [0, 0.05) is 0 Å². The van der Waals surface area contributed by atoms with Crippen LogP contribution in [0.5, 0.6) is 0 Å². The average Bonchev–Trinajstić information content (AvgIpc) is 2.12. The Morgan fingerprint density at radius 2 is 0.818 bits per heavy atom. The van der Waals surface area contributed by atoms with Crippen LogP contribution in [0.4, 0.5) is 0 Å². The maximum absolute atomic E-state index is 4.00. The Hall–Kier alpha value is -0.440. The van der Waals surface area contributed by atoms with Gasteiger partial charge < -0.3 is 0 Å². The van der Waals surface area contributed by atoms with Gasteiger partial charge in [-0.15, -0.1) is 12.8 Å². The lowest BCUT2D eigenvalue weighted by molar-refractivity contribution is 0.504. The summed E-state index contributed by atoms with van der Waals surface area (Å²) in [5.74, 6) is 0. The van der Waals surface area contributed by atoms with Crippen LogP contribution in [-0.2, 0) is 0 Å². The van der Waals surface area contributed by atoms with Gasteiger partial charge in [0.2, 0.25) is 0 Å². The van der Waals surface area contributed by atoms with Crippen molar-refractivity contribution in [2.45, 2.75) is 58.8 Å². The van der Waals surface area contributed by atoms with Crippen molar-refractivity contribution in [2.24, 2.45) is 0 Å². The first-order valence-corrected chi connectivity index (χ1v) is 4.75. The van der Waals surface area contributed by atoms with Crippen molar-refractivity contribution in [3.63, 3.8) is 0 Å². The van der Waals surface area contributed by atoms with Crippen LogP contribution in [-0.4, -0.2) is 0 Å². The highest BCUT2D eigenvalue weighted by Crippen LogP contribution is 2.15. The van der Waals surface area contributed by atoms with Gasteiger partial charge >= 0.3 is 0 Å². The molecule has 1 rings (SSSR count). The molecule has 1 aliphatic carbocycles. The zero-order valence-electron chi connectivity index (χ0n) is 8.10. The molecule has 0 unspecified atom stereocenters. The number of rotatable bonds is 0. The molecule has 1 aliphatic rings. The van der Waals surface area contributed by atoms with E-state index in [0.717, 1.165) is 0 Å². The van der Waals surface area contributed by atoms with E-state index >= 15 is 0 Å². The van der Waals surface area contributed by atoms with Gasteiger partial charge in [0.15, 0.2) is 0 Å². The molecule has 11 heavy (non-hydrogen) atoms. The van der Waals surface area contributed by atoms with Crippen LogP contribution >= 0.6 is 0 Å². The largest absolute Gasteiger partial charge is 0.124 e. The second kappa shape index (κ2) is 16.3. The third-order valence-corrected chi connectivity index (χ3v) is 1.50. The van der Waals surface area contributed by atoms with Crippen molar-refractivity contribution in [3.05, 3.63) is 0 Å². The standard InChI is InChI=1S/C6H12.C3H8.C2H2/c1-2-4-6-5-3-1;1-3-2;1-2/h1-6H2;3H2,1-2H3;1-2H. The average molecular weight is 154 g/mol. The maximum Gasteiger partial charge on any atom is -0.0533 e. The fraction of sp³-hybridized carbons (Fsp3) is 0.818. The van der Waals surface area contributed by atoms with Crippen LogP contribution in [0.2, 0.25) is 0 Å². The molecule has 0 aliphatic heterocycles. The van der Waals surface area contributed by atoms with E-state index in [0.29, 0.717) is 0 Å². The highest BCUT2D eigenvalue weighted by Gasteiger charge is 1.95. The van der Waals surface area contributed by atoms with Gasteiger partial charge in [-0.3, -0.25) is 0 Å². The number of hydrogen-bond donors (Lipinski definition) is 0. The molecule has 1 saturated carbocycles. The highest BCUT2D eigenvalue weighted by molar-refractivity contribution is 4.51. The lowest BCUT2D eigenvalue weighted by Crippen LogP contribution is -1.85. The van der Waals surface area contributed by atoms with E-state index < -0.39 is 0 Å². The van der Waals surface area contributed by atoms with Crippen LogP contribution < -0.4 is 0 Å². The van der Waals surface area contributed by atoms with E-state index in [4.69, 9.17) is 0 Å². The molecule has 0 saturated heterocycles. The summed E-state index contributed by atoms with van der Waals surface area (Å²) in [7, 11) is 0. The second-order valence-corrected chi connectivity index (χ2v) is 2.83. The second-order valence-electron chi connectivity index (χ2n) is 2.83. The summed E-state index contributed by atoms with van der Waals surface area (Å²) < 4.78 is 0. The summed E-state index contributed by atoms with van der Waals surface area (Å²) in [5, 5.41) is 0. The summed E-state index contributed by atoms with van der Waals surface area (Å²) >= 11 is 0. The Kier molecular flexibility index (Phi) is 19.5. The smallest absolute Gasteiger partial charge is 0.0533 e. The van der Waals surface area contributed by atoms with Crippen LogP contribution in [0.3, 0.4) is 0 Å². The number of terminal acetylenes is 1. The highest BCUT2D eigenvalue weighted by atomic mass is 14.0. The van der Waals surface area contributed by atoms with Crippen LogP contribution in [0, 0.1) is 12.8 Å². The first-order valence-electron chi connectivity index (χ1n) is 4.75. The molecule has 0 aromatic heterocycles. The molecule has 0 N–H and O–H groups in total. The molecule has 0 radical (unpaired) electrons. The summed E-state index contributed by atoms with van der Waals surface area (Å²) in [4.78, 5) is 0. The molecular formula is C11H22. The van der Waals surface area contributed by atoms with Crippen molar-refractivity contribution < 1.29 is 0 Å². The first-order chi connectivity index (χ1) is 5.41. The Bertz CT molecular complexity index is 46.2. The number of hydrogen-bond acceptors (Lipinski definition) is 0. The van der Waals surface area contributed by atoms with E-state index in [1.165, 1.54) is 44.9 Å². The van der Waals surface area contributed by atoms with E-state index in [-0.39, 0.29) is 0 Å². The predicted molar refractivity (Wildman–Crippen MR) is 53.6 cm³/mol. The van der Waals surface area contributed by atoms with E-state index in [2.05, 4.69) is 26.7 Å². The molecule has 0 amide bonds. The van der Waals surface area contributed by atoms with Crippen LogP contribution in [0.25, 0.3) is 0 Å². The molecule has 66 valence electrons. The maximum atomic E-state index is 4.00. The SMILES string of the molecule is C#C.C1CCCCC1.CCC. The molecular weight excluding hydrogens is 132 g/mol. The monoisotopic (exact) mass is 154 g/mol. The molecule has 0 heterocycles. The van der Waals surface area contributed by atoms with E-state index in [1.54, 1.807) is 0 Å². The molecule has 0 aromatic carbocycles. The van der Waals surface area contributed by atoms with Crippen molar-refractivity contribution in [1.82, 2.24) is 0 Å².